The van der Waals surface area contributed by atoms with Crippen LogP contribution < -0.4 is 5.48 Å². The lowest BCUT2D eigenvalue weighted by molar-refractivity contribution is -0.0528. The number of aromatic nitrogens is 2. The molecule has 4 rings (SSSR count). The standard InChI is InChI=1S/C20H22ClN3O3/c1-2-27-24-19(26)15-10-22-17-8-16(21)13(7-14(15)17)12-3-4-18(23-9-12)20(11-25)5-6-20/h3-4,7-10,19,22,24-26H,2,5-6,11H2,1H3. The number of benzene rings is 1. The van der Waals surface area contributed by atoms with Crippen molar-refractivity contribution < 1.29 is 15.1 Å². The van der Waals surface area contributed by atoms with Crippen molar-refractivity contribution >= 4 is 22.5 Å². The average Bonchev–Trinajstić information content (AvgIpc) is 3.39. The first-order valence-corrected chi connectivity index (χ1v) is 9.39. The number of pyridine rings is 1. The van der Waals surface area contributed by atoms with Crippen LogP contribution in [-0.2, 0) is 10.3 Å². The fourth-order valence-corrected chi connectivity index (χ4v) is 3.62. The second kappa shape index (κ2) is 7.22. The number of halogens is 1. The third-order valence-corrected chi connectivity index (χ3v) is 5.52. The number of H-pyrrole nitrogens is 1. The van der Waals surface area contributed by atoms with Gasteiger partial charge in [0.1, 0.15) is 0 Å². The summed E-state index contributed by atoms with van der Waals surface area (Å²) >= 11 is 6.49. The van der Waals surface area contributed by atoms with Gasteiger partial charge in [0.25, 0.3) is 0 Å². The second-order valence-electron chi connectivity index (χ2n) is 6.95. The number of nitrogens with one attached hydrogen (secondary N) is 2. The largest absolute Gasteiger partial charge is 0.395 e. The van der Waals surface area contributed by atoms with Gasteiger partial charge in [-0.3, -0.25) is 9.82 Å². The van der Waals surface area contributed by atoms with Crippen LogP contribution in [0.25, 0.3) is 22.0 Å². The van der Waals surface area contributed by atoms with E-state index in [1.807, 2.05) is 31.2 Å². The lowest BCUT2D eigenvalue weighted by Gasteiger charge is -2.13. The summed E-state index contributed by atoms with van der Waals surface area (Å²) in [7, 11) is 0. The van der Waals surface area contributed by atoms with Gasteiger partial charge in [0.2, 0.25) is 0 Å². The molecule has 0 bridgehead atoms. The molecular weight excluding hydrogens is 366 g/mol. The Morgan fingerprint density at radius 2 is 2.19 bits per heavy atom. The Labute approximate surface area is 162 Å². The zero-order valence-corrected chi connectivity index (χ0v) is 15.8. The molecule has 1 aromatic carbocycles. The molecule has 7 heteroatoms. The first-order chi connectivity index (χ1) is 13.1. The maximum Gasteiger partial charge on any atom is 0.154 e. The molecule has 2 heterocycles. The number of hydrogen-bond donors (Lipinski definition) is 4. The van der Waals surface area contributed by atoms with Crippen LogP contribution in [0.4, 0.5) is 0 Å². The van der Waals surface area contributed by atoms with Gasteiger partial charge in [0.05, 0.1) is 18.2 Å². The highest BCUT2D eigenvalue weighted by Gasteiger charge is 2.44. The summed E-state index contributed by atoms with van der Waals surface area (Å²) in [5.74, 6) is 0. The topological polar surface area (TPSA) is 90.4 Å². The molecule has 0 spiro atoms. The lowest BCUT2D eigenvalue weighted by Crippen LogP contribution is -2.20. The van der Waals surface area contributed by atoms with E-state index in [1.165, 1.54) is 0 Å². The maximum absolute atomic E-state index is 10.3. The van der Waals surface area contributed by atoms with Crippen molar-refractivity contribution in [2.45, 2.75) is 31.4 Å². The van der Waals surface area contributed by atoms with E-state index >= 15 is 0 Å². The number of aliphatic hydroxyl groups is 2. The normalized spacial score (nSPS) is 16.6. The highest BCUT2D eigenvalue weighted by atomic mass is 35.5. The van der Waals surface area contributed by atoms with Crippen molar-refractivity contribution in [1.82, 2.24) is 15.4 Å². The van der Waals surface area contributed by atoms with E-state index in [9.17, 15) is 10.2 Å². The van der Waals surface area contributed by atoms with Crippen molar-refractivity contribution in [3.05, 3.63) is 52.9 Å². The zero-order chi connectivity index (χ0) is 19.0. The molecule has 1 aliphatic carbocycles. The Morgan fingerprint density at radius 1 is 1.37 bits per heavy atom. The molecule has 1 aliphatic rings. The van der Waals surface area contributed by atoms with Crippen molar-refractivity contribution in [3.63, 3.8) is 0 Å². The molecule has 6 nitrogen and oxygen atoms in total. The van der Waals surface area contributed by atoms with E-state index in [2.05, 4.69) is 15.4 Å². The molecule has 3 aromatic rings. The molecular formula is C20H22ClN3O3. The highest BCUT2D eigenvalue weighted by Crippen LogP contribution is 2.47. The minimum atomic E-state index is -0.951. The number of hydrogen-bond acceptors (Lipinski definition) is 5. The van der Waals surface area contributed by atoms with Gasteiger partial charge < -0.3 is 15.2 Å². The fourth-order valence-electron chi connectivity index (χ4n) is 3.35. The van der Waals surface area contributed by atoms with E-state index in [4.69, 9.17) is 16.4 Å². The van der Waals surface area contributed by atoms with E-state index in [0.29, 0.717) is 17.2 Å². The van der Waals surface area contributed by atoms with Crippen LogP contribution in [-0.4, -0.2) is 33.4 Å². The molecule has 0 amide bonds. The summed E-state index contributed by atoms with van der Waals surface area (Å²) in [6.07, 6.45) is 4.52. The predicted molar refractivity (Wildman–Crippen MR) is 104 cm³/mol. The number of aliphatic hydroxyl groups excluding tert-OH is 2. The first-order valence-electron chi connectivity index (χ1n) is 9.01. The smallest absolute Gasteiger partial charge is 0.154 e. The van der Waals surface area contributed by atoms with Gasteiger partial charge in [-0.05, 0) is 38.0 Å². The lowest BCUT2D eigenvalue weighted by atomic mass is 9.99. The van der Waals surface area contributed by atoms with Gasteiger partial charge in [0, 0.05) is 51.1 Å². The van der Waals surface area contributed by atoms with Gasteiger partial charge in [-0.25, -0.2) is 0 Å². The van der Waals surface area contributed by atoms with Gasteiger partial charge >= 0.3 is 0 Å². The Balaban J connectivity index is 1.70. The molecule has 2 aromatic heterocycles. The van der Waals surface area contributed by atoms with Crippen LogP contribution in [0.15, 0.2) is 36.7 Å². The maximum atomic E-state index is 10.3. The van der Waals surface area contributed by atoms with Crippen LogP contribution in [0.3, 0.4) is 0 Å². The summed E-state index contributed by atoms with van der Waals surface area (Å²) in [5.41, 5.74) is 6.60. The van der Waals surface area contributed by atoms with Crippen molar-refractivity contribution in [1.29, 1.82) is 0 Å². The molecule has 1 saturated carbocycles. The van der Waals surface area contributed by atoms with E-state index < -0.39 is 6.23 Å². The van der Waals surface area contributed by atoms with E-state index in [0.717, 1.165) is 40.6 Å². The molecule has 4 N–H and O–H groups in total. The fraction of sp³-hybridized carbons (Fsp3) is 0.350. The average molecular weight is 388 g/mol. The Kier molecular flexibility index (Phi) is 4.92. The Hall–Kier alpha value is -1.96. The third kappa shape index (κ3) is 3.35. The van der Waals surface area contributed by atoms with Gasteiger partial charge in [0.15, 0.2) is 6.23 Å². The number of aromatic amines is 1. The predicted octanol–water partition coefficient (Wildman–Crippen LogP) is 3.44. The van der Waals surface area contributed by atoms with Crippen molar-refractivity contribution in [3.8, 4) is 11.1 Å². The van der Waals surface area contributed by atoms with E-state index in [1.54, 1.807) is 12.4 Å². The monoisotopic (exact) mass is 387 g/mol. The molecule has 1 unspecified atom stereocenters. The molecule has 1 atom stereocenters. The number of nitrogens with zero attached hydrogens (tertiary/aromatic N) is 1. The van der Waals surface area contributed by atoms with Gasteiger partial charge in [-0.1, -0.05) is 17.7 Å². The number of hydroxylamine groups is 1. The van der Waals surface area contributed by atoms with Gasteiger partial charge in [-0.2, -0.15) is 5.48 Å². The zero-order valence-electron chi connectivity index (χ0n) is 15.0. The molecule has 0 saturated heterocycles. The minimum absolute atomic E-state index is 0.128. The molecule has 0 aliphatic heterocycles. The molecule has 142 valence electrons. The summed E-state index contributed by atoms with van der Waals surface area (Å²) < 4.78 is 0. The van der Waals surface area contributed by atoms with Gasteiger partial charge in [-0.15, -0.1) is 0 Å². The van der Waals surface area contributed by atoms with Crippen LogP contribution >= 0.6 is 11.6 Å². The number of fused-ring (bicyclic) bond motifs is 1. The quantitative estimate of drug-likeness (QED) is 0.368. The summed E-state index contributed by atoms with van der Waals surface area (Å²) in [5, 5.41) is 21.3. The minimum Gasteiger partial charge on any atom is -0.395 e. The molecule has 0 radical (unpaired) electrons. The number of rotatable bonds is 7. The highest BCUT2D eigenvalue weighted by molar-refractivity contribution is 6.34. The van der Waals surface area contributed by atoms with Crippen LogP contribution in [0.2, 0.25) is 5.02 Å². The van der Waals surface area contributed by atoms with Crippen LogP contribution in [0.1, 0.15) is 37.3 Å². The van der Waals surface area contributed by atoms with E-state index in [-0.39, 0.29) is 12.0 Å². The SMILES string of the molecule is CCONC(O)c1c[nH]c2cc(Cl)c(-c3ccc(C4(CO)CC4)nc3)cc12. The summed E-state index contributed by atoms with van der Waals surface area (Å²) in [6, 6.07) is 7.72. The molecule has 1 fully saturated rings. The summed E-state index contributed by atoms with van der Waals surface area (Å²) in [6.45, 7) is 2.42. The Morgan fingerprint density at radius 3 is 2.81 bits per heavy atom. The summed E-state index contributed by atoms with van der Waals surface area (Å²) in [4.78, 5) is 12.8. The van der Waals surface area contributed by atoms with Crippen molar-refractivity contribution in [2.75, 3.05) is 13.2 Å². The first kappa shape index (κ1) is 18.4. The Bertz CT molecular complexity index is 951. The van der Waals surface area contributed by atoms with Crippen LogP contribution in [0.5, 0.6) is 0 Å². The third-order valence-electron chi connectivity index (χ3n) is 5.21. The molecule has 27 heavy (non-hydrogen) atoms. The van der Waals surface area contributed by atoms with Crippen LogP contribution in [0, 0.1) is 0 Å². The second-order valence-corrected chi connectivity index (χ2v) is 7.35. The van der Waals surface area contributed by atoms with Crippen molar-refractivity contribution in [2.24, 2.45) is 0 Å².